The van der Waals surface area contributed by atoms with Gasteiger partial charge in [-0.05, 0) is 85.6 Å². The summed E-state index contributed by atoms with van der Waals surface area (Å²) in [5.74, 6) is 3.31. The summed E-state index contributed by atoms with van der Waals surface area (Å²) in [6.07, 6.45) is 7.90. The van der Waals surface area contributed by atoms with Crippen LogP contribution < -0.4 is 9.47 Å². The molecule has 0 aliphatic heterocycles. The summed E-state index contributed by atoms with van der Waals surface area (Å²) in [4.78, 5) is 0. The van der Waals surface area contributed by atoms with Gasteiger partial charge >= 0.3 is 0 Å². The zero-order valence-electron chi connectivity index (χ0n) is 17.6. The Balaban J connectivity index is 1.57. The maximum Gasteiger partial charge on any atom is 0.134 e. The van der Waals surface area contributed by atoms with Crippen LogP contribution in [0.4, 0.5) is 0 Å². The molecular formula is C26H29NO2. The second-order valence-electron chi connectivity index (χ2n) is 10.5. The topological polar surface area (TPSA) is 42.2 Å². The lowest BCUT2D eigenvalue weighted by Crippen LogP contribution is -2.56. The van der Waals surface area contributed by atoms with Gasteiger partial charge in [-0.1, -0.05) is 19.9 Å². The van der Waals surface area contributed by atoms with Crippen LogP contribution in [0.2, 0.25) is 0 Å². The van der Waals surface area contributed by atoms with Crippen LogP contribution in [0.5, 0.6) is 17.2 Å². The van der Waals surface area contributed by atoms with E-state index in [1.165, 1.54) is 44.1 Å². The standard InChI is InChI=1S/C26H29NO2/c1-24-11-19-12-25(2,15-24)17-26(13-19,16-24)22-9-8-21(28-3)10-23(22)29-20-6-4-18(14-27)5-7-20/h4-10,19H,11-13,15-17H2,1-3H3. The Morgan fingerprint density at radius 2 is 1.55 bits per heavy atom. The Morgan fingerprint density at radius 1 is 0.897 bits per heavy atom. The fourth-order valence-electron chi connectivity index (χ4n) is 7.62. The molecule has 0 radical (unpaired) electrons. The van der Waals surface area contributed by atoms with Crippen LogP contribution in [-0.2, 0) is 5.41 Å². The predicted octanol–water partition coefficient (Wildman–Crippen LogP) is 6.61. The zero-order valence-corrected chi connectivity index (χ0v) is 17.6. The van der Waals surface area contributed by atoms with Crippen LogP contribution in [0.15, 0.2) is 42.5 Å². The quantitative estimate of drug-likeness (QED) is 0.593. The normalized spacial score (nSPS) is 34.6. The minimum Gasteiger partial charge on any atom is -0.497 e. The van der Waals surface area contributed by atoms with Gasteiger partial charge in [0.2, 0.25) is 0 Å². The van der Waals surface area contributed by atoms with Crippen molar-refractivity contribution in [1.29, 1.82) is 5.26 Å². The molecule has 4 aliphatic rings. The maximum atomic E-state index is 9.07. The molecule has 29 heavy (non-hydrogen) atoms. The minimum absolute atomic E-state index is 0.192. The van der Waals surface area contributed by atoms with Crippen molar-refractivity contribution in [1.82, 2.24) is 0 Å². The number of nitrogens with zero attached hydrogens (tertiary/aromatic N) is 1. The van der Waals surface area contributed by atoms with Gasteiger partial charge in [-0.2, -0.15) is 5.26 Å². The van der Waals surface area contributed by atoms with E-state index in [-0.39, 0.29) is 5.41 Å². The van der Waals surface area contributed by atoms with Gasteiger partial charge in [-0.15, -0.1) is 0 Å². The number of benzene rings is 2. The number of nitriles is 1. The van der Waals surface area contributed by atoms with E-state index in [4.69, 9.17) is 14.7 Å². The Bertz CT molecular complexity index is 969. The van der Waals surface area contributed by atoms with Crippen LogP contribution in [0.1, 0.15) is 63.5 Å². The smallest absolute Gasteiger partial charge is 0.134 e. The largest absolute Gasteiger partial charge is 0.497 e. The third kappa shape index (κ3) is 3.10. The summed E-state index contributed by atoms with van der Waals surface area (Å²) in [7, 11) is 1.70. The molecule has 2 aromatic carbocycles. The molecule has 3 heteroatoms. The van der Waals surface area contributed by atoms with Crippen molar-refractivity contribution in [3.05, 3.63) is 53.6 Å². The molecular weight excluding hydrogens is 358 g/mol. The third-order valence-electron chi connectivity index (χ3n) is 7.60. The van der Waals surface area contributed by atoms with E-state index in [0.717, 1.165) is 23.2 Å². The number of ether oxygens (including phenoxy) is 2. The van der Waals surface area contributed by atoms with Gasteiger partial charge in [0, 0.05) is 17.0 Å². The average Bonchev–Trinajstić information content (AvgIpc) is 2.65. The Morgan fingerprint density at radius 3 is 2.14 bits per heavy atom. The molecule has 2 unspecified atom stereocenters. The van der Waals surface area contributed by atoms with Gasteiger partial charge in [-0.3, -0.25) is 0 Å². The Labute approximate surface area is 173 Å². The number of hydrogen-bond donors (Lipinski definition) is 0. The van der Waals surface area contributed by atoms with Crippen LogP contribution in [0.3, 0.4) is 0 Å². The van der Waals surface area contributed by atoms with Gasteiger partial charge in [0.25, 0.3) is 0 Å². The number of hydrogen-bond acceptors (Lipinski definition) is 3. The second-order valence-corrected chi connectivity index (χ2v) is 10.5. The van der Waals surface area contributed by atoms with Crippen molar-refractivity contribution in [2.24, 2.45) is 16.7 Å². The molecule has 6 rings (SSSR count). The molecule has 2 aromatic rings. The summed E-state index contributed by atoms with van der Waals surface area (Å²) >= 11 is 0. The van der Waals surface area contributed by atoms with Crippen LogP contribution in [-0.4, -0.2) is 7.11 Å². The fraction of sp³-hybridized carbons (Fsp3) is 0.500. The van der Waals surface area contributed by atoms with Crippen molar-refractivity contribution >= 4 is 0 Å². The van der Waals surface area contributed by atoms with E-state index < -0.39 is 0 Å². The van der Waals surface area contributed by atoms with E-state index in [0.29, 0.717) is 16.4 Å². The highest BCUT2D eigenvalue weighted by Crippen LogP contribution is 2.70. The van der Waals surface area contributed by atoms with Crippen molar-refractivity contribution in [3.63, 3.8) is 0 Å². The first-order chi connectivity index (χ1) is 13.8. The minimum atomic E-state index is 0.192. The highest BCUT2D eigenvalue weighted by atomic mass is 16.5. The number of methoxy groups -OCH3 is 1. The monoisotopic (exact) mass is 387 g/mol. The van der Waals surface area contributed by atoms with Crippen molar-refractivity contribution in [2.45, 2.75) is 57.8 Å². The summed E-state index contributed by atoms with van der Waals surface area (Å²) in [5, 5.41) is 9.07. The summed E-state index contributed by atoms with van der Waals surface area (Å²) in [6, 6.07) is 15.9. The molecule has 2 atom stereocenters. The van der Waals surface area contributed by atoms with E-state index in [9.17, 15) is 0 Å². The van der Waals surface area contributed by atoms with E-state index in [1.54, 1.807) is 7.11 Å². The van der Waals surface area contributed by atoms with Gasteiger partial charge < -0.3 is 9.47 Å². The van der Waals surface area contributed by atoms with Gasteiger partial charge in [0.15, 0.2) is 0 Å². The van der Waals surface area contributed by atoms with Crippen LogP contribution in [0.25, 0.3) is 0 Å². The predicted molar refractivity (Wildman–Crippen MR) is 113 cm³/mol. The SMILES string of the molecule is COc1ccc(C23CC4CC(C)(CC(C)(C4)C2)C3)c(Oc2ccc(C#N)cc2)c1. The molecule has 4 fully saturated rings. The van der Waals surface area contributed by atoms with E-state index in [1.807, 2.05) is 30.3 Å². The summed E-state index contributed by atoms with van der Waals surface area (Å²) in [5.41, 5.74) is 3.06. The lowest BCUT2D eigenvalue weighted by molar-refractivity contribution is -0.110. The summed E-state index contributed by atoms with van der Waals surface area (Å²) in [6.45, 7) is 5.02. The maximum absolute atomic E-state index is 9.07. The molecule has 150 valence electrons. The van der Waals surface area contributed by atoms with E-state index >= 15 is 0 Å². The molecule has 4 saturated carbocycles. The first-order valence-corrected chi connectivity index (χ1v) is 10.7. The third-order valence-corrected chi connectivity index (χ3v) is 7.60. The van der Waals surface area contributed by atoms with Crippen molar-refractivity contribution in [3.8, 4) is 23.3 Å². The van der Waals surface area contributed by atoms with Gasteiger partial charge in [0.1, 0.15) is 17.2 Å². The molecule has 0 spiro atoms. The lowest BCUT2D eigenvalue weighted by atomic mass is 9.39. The molecule has 0 aromatic heterocycles. The van der Waals surface area contributed by atoms with E-state index in [2.05, 4.69) is 32.0 Å². The lowest BCUT2D eigenvalue weighted by Gasteiger charge is -2.65. The molecule has 4 aliphatic carbocycles. The van der Waals surface area contributed by atoms with Crippen LogP contribution >= 0.6 is 0 Å². The molecule has 3 nitrogen and oxygen atoms in total. The van der Waals surface area contributed by atoms with Crippen LogP contribution in [0, 0.1) is 28.1 Å². The first kappa shape index (κ1) is 18.6. The highest BCUT2D eigenvalue weighted by molar-refractivity contribution is 5.49. The average molecular weight is 388 g/mol. The Hall–Kier alpha value is -2.47. The molecule has 0 amide bonds. The number of rotatable bonds is 4. The molecule has 4 bridgehead atoms. The van der Waals surface area contributed by atoms with Crippen molar-refractivity contribution in [2.75, 3.05) is 7.11 Å². The fourth-order valence-corrected chi connectivity index (χ4v) is 7.62. The zero-order chi connectivity index (χ0) is 20.3. The molecule has 0 saturated heterocycles. The first-order valence-electron chi connectivity index (χ1n) is 10.7. The second kappa shape index (κ2) is 6.26. The molecule has 0 heterocycles. The molecule has 0 N–H and O–H groups in total. The van der Waals surface area contributed by atoms with Gasteiger partial charge in [0.05, 0.1) is 18.7 Å². The highest BCUT2D eigenvalue weighted by Gasteiger charge is 2.61. The van der Waals surface area contributed by atoms with Crippen molar-refractivity contribution < 1.29 is 9.47 Å². The Kier molecular flexibility index (Phi) is 4.01. The summed E-state index contributed by atoms with van der Waals surface area (Å²) < 4.78 is 11.9. The van der Waals surface area contributed by atoms with Gasteiger partial charge in [-0.25, -0.2) is 0 Å².